The van der Waals surface area contributed by atoms with Crippen molar-refractivity contribution in [2.24, 2.45) is 0 Å². The molecular weight excluding hydrogens is 283 g/mol. The van der Waals surface area contributed by atoms with E-state index in [1.54, 1.807) is 12.2 Å². The molecule has 0 aromatic carbocycles. The van der Waals surface area contributed by atoms with Gasteiger partial charge in [-0.15, -0.1) is 0 Å². The molecule has 0 amide bonds. The molecule has 0 rings (SSSR count). The van der Waals surface area contributed by atoms with Crippen LogP contribution in [-0.4, -0.2) is 18.9 Å². The molecule has 0 aliphatic carbocycles. The third kappa shape index (κ3) is 29.7. The molecule has 0 aromatic rings. The van der Waals surface area contributed by atoms with Crippen molar-refractivity contribution in [3.05, 3.63) is 12.2 Å². The molecule has 0 aromatic heterocycles. The van der Waals surface area contributed by atoms with Gasteiger partial charge in [0.2, 0.25) is 0 Å². The van der Waals surface area contributed by atoms with Crippen molar-refractivity contribution in [2.75, 3.05) is 13.1 Å². The van der Waals surface area contributed by atoms with E-state index >= 15 is 0 Å². The van der Waals surface area contributed by atoms with E-state index in [0.29, 0.717) is 6.54 Å². The zero-order valence-electron chi connectivity index (χ0n) is 7.94. The maximum Gasteiger partial charge on any atom is 0.169 e. The van der Waals surface area contributed by atoms with Crippen molar-refractivity contribution >= 4 is 5.78 Å². The summed E-state index contributed by atoms with van der Waals surface area (Å²) in [5.74, 6) is 0.138. The molecule has 1 radical (unpaired) electrons. The number of carbonyl (C=O) groups excluding carboxylic acids is 1. The van der Waals surface area contributed by atoms with E-state index in [0.717, 1.165) is 6.54 Å². The van der Waals surface area contributed by atoms with Crippen molar-refractivity contribution < 1.29 is 46.0 Å². The number of ketones is 1. The van der Waals surface area contributed by atoms with Gasteiger partial charge in [-0.05, 0) is 19.5 Å². The molecule has 0 unspecified atom stereocenters. The second-order valence-electron chi connectivity index (χ2n) is 1.75. The van der Waals surface area contributed by atoms with Gasteiger partial charge >= 0.3 is 0 Å². The van der Waals surface area contributed by atoms with Gasteiger partial charge in [0.05, 0.1) is 6.54 Å². The predicted molar refractivity (Wildman–Crippen MR) is 38.4 cm³/mol. The Morgan fingerprint density at radius 2 is 1.64 bits per heavy atom. The fourth-order valence-electron chi connectivity index (χ4n) is 0.493. The Bertz CT molecular complexity index is 124. The molecule has 0 heterocycles. The Morgan fingerprint density at radius 3 is 1.93 bits per heavy atom. The van der Waals surface area contributed by atoms with Gasteiger partial charge in [-0.25, -0.2) is 0 Å². The standard InChI is InChI=1S/C7H13NO.4FH.Nb/c1-3-5-7(9)6-8-4-2;;;;;/h3,5,8H,4,6H2,1-2H3;4*1H;/p-4. The average Bonchev–Trinajstić information content (AvgIpc) is 1.85. The van der Waals surface area contributed by atoms with E-state index in [1.807, 2.05) is 13.8 Å². The van der Waals surface area contributed by atoms with Gasteiger partial charge in [-0.2, -0.15) is 0 Å². The van der Waals surface area contributed by atoms with Crippen molar-refractivity contribution in [1.82, 2.24) is 5.32 Å². The van der Waals surface area contributed by atoms with Gasteiger partial charge in [0, 0.05) is 22.4 Å². The molecule has 1 N–H and O–H groups in total. The minimum absolute atomic E-state index is 0. The SMILES string of the molecule is CC=CC(=O)CNCC.[F-].[F-].[F-].[F-].[Nb]. The number of allylic oxidation sites excluding steroid dienone is 1. The molecule has 0 saturated heterocycles. The van der Waals surface area contributed by atoms with Crippen molar-refractivity contribution in [3.8, 4) is 0 Å². The minimum atomic E-state index is 0. The van der Waals surface area contributed by atoms with Gasteiger partial charge < -0.3 is 24.1 Å². The van der Waals surface area contributed by atoms with E-state index in [4.69, 9.17) is 0 Å². The largest absolute Gasteiger partial charge is 1.00 e. The van der Waals surface area contributed by atoms with Gasteiger partial charge in [-0.3, -0.25) is 4.79 Å². The molecule has 0 aliphatic heterocycles. The van der Waals surface area contributed by atoms with Crippen LogP contribution >= 0.6 is 0 Å². The number of hydrogen-bond donors (Lipinski definition) is 1. The Hall–Kier alpha value is -0.170. The van der Waals surface area contributed by atoms with E-state index in [-0.39, 0.29) is 47.0 Å². The molecule has 0 spiro atoms. The van der Waals surface area contributed by atoms with E-state index in [9.17, 15) is 4.79 Å². The molecule has 0 fully saturated rings. The quantitative estimate of drug-likeness (QED) is 0.317. The van der Waals surface area contributed by atoms with Crippen LogP contribution < -0.4 is 24.1 Å². The summed E-state index contributed by atoms with van der Waals surface area (Å²) in [5.41, 5.74) is 0. The Balaban J connectivity index is -0.0000000320. The van der Waals surface area contributed by atoms with Crippen LogP contribution in [-0.2, 0) is 27.2 Å². The van der Waals surface area contributed by atoms with Crippen LogP contribution in [0.4, 0.5) is 0 Å². The normalized spacial score (nSPS) is 6.71. The molecule has 0 atom stereocenters. The number of carbonyl (C=O) groups is 1. The monoisotopic (exact) mass is 296 g/mol. The fourth-order valence-corrected chi connectivity index (χ4v) is 0.493. The maximum atomic E-state index is 10.7. The summed E-state index contributed by atoms with van der Waals surface area (Å²) in [4.78, 5) is 10.7. The molecule has 0 aliphatic rings. The molecule has 89 valence electrons. The predicted octanol–water partition coefficient (Wildman–Crippen LogP) is -11.2. The number of rotatable bonds is 4. The van der Waals surface area contributed by atoms with Gasteiger partial charge in [0.15, 0.2) is 5.78 Å². The summed E-state index contributed by atoms with van der Waals surface area (Å²) in [7, 11) is 0. The van der Waals surface area contributed by atoms with Crippen LogP contribution in [0.2, 0.25) is 0 Å². The topological polar surface area (TPSA) is 29.1 Å². The van der Waals surface area contributed by atoms with Gasteiger partial charge in [0.1, 0.15) is 0 Å². The van der Waals surface area contributed by atoms with Crippen LogP contribution in [0.1, 0.15) is 13.8 Å². The third-order valence-corrected chi connectivity index (χ3v) is 0.902. The summed E-state index contributed by atoms with van der Waals surface area (Å²) in [6.45, 7) is 5.12. The fraction of sp³-hybridized carbons (Fsp3) is 0.571. The second kappa shape index (κ2) is 29.3. The van der Waals surface area contributed by atoms with Crippen LogP contribution in [0.25, 0.3) is 0 Å². The average molecular weight is 296 g/mol. The molecule has 14 heavy (non-hydrogen) atoms. The second-order valence-corrected chi connectivity index (χ2v) is 1.75. The van der Waals surface area contributed by atoms with E-state index in [2.05, 4.69) is 5.32 Å². The smallest absolute Gasteiger partial charge is 0.169 e. The zero-order chi connectivity index (χ0) is 7.11. The van der Waals surface area contributed by atoms with Gasteiger partial charge in [-0.1, -0.05) is 13.0 Å². The first-order valence-corrected chi connectivity index (χ1v) is 3.17. The van der Waals surface area contributed by atoms with Gasteiger partial charge in [0.25, 0.3) is 0 Å². The first-order chi connectivity index (χ1) is 4.31. The number of halogens is 4. The molecule has 0 bridgehead atoms. The third-order valence-electron chi connectivity index (χ3n) is 0.902. The molecule has 7 heteroatoms. The zero-order valence-corrected chi connectivity index (χ0v) is 10.1. The van der Waals surface area contributed by atoms with E-state index < -0.39 is 0 Å². The Morgan fingerprint density at radius 1 is 1.21 bits per heavy atom. The van der Waals surface area contributed by atoms with Crippen LogP contribution in [0.15, 0.2) is 12.2 Å². The Labute approximate surface area is 96.5 Å². The maximum absolute atomic E-state index is 10.7. The first-order valence-electron chi connectivity index (χ1n) is 3.17. The van der Waals surface area contributed by atoms with Crippen molar-refractivity contribution in [3.63, 3.8) is 0 Å². The summed E-state index contributed by atoms with van der Waals surface area (Å²) in [6.07, 6.45) is 3.32. The molecule has 0 saturated carbocycles. The van der Waals surface area contributed by atoms with Crippen LogP contribution in [0.5, 0.6) is 0 Å². The summed E-state index contributed by atoms with van der Waals surface area (Å²) in [6, 6.07) is 0. The molecule has 2 nitrogen and oxygen atoms in total. The summed E-state index contributed by atoms with van der Waals surface area (Å²) in [5, 5.41) is 2.93. The summed E-state index contributed by atoms with van der Waals surface area (Å²) < 4.78 is 0. The van der Waals surface area contributed by atoms with Crippen LogP contribution in [0, 0.1) is 0 Å². The summed E-state index contributed by atoms with van der Waals surface area (Å²) >= 11 is 0. The number of nitrogens with one attached hydrogen (secondary N) is 1. The number of likely N-dealkylation sites (N-methyl/N-ethyl adjacent to an activating group) is 1. The van der Waals surface area contributed by atoms with Crippen molar-refractivity contribution in [1.29, 1.82) is 0 Å². The number of hydrogen-bond acceptors (Lipinski definition) is 2. The van der Waals surface area contributed by atoms with Crippen LogP contribution in [0.3, 0.4) is 0 Å². The van der Waals surface area contributed by atoms with Crippen molar-refractivity contribution in [2.45, 2.75) is 13.8 Å². The van der Waals surface area contributed by atoms with E-state index in [1.165, 1.54) is 0 Å². The Kier molecular flexibility index (Phi) is 77.7. The minimum Gasteiger partial charge on any atom is -1.00 e. The molecular formula is C7H13F4NNbO-4. The first kappa shape index (κ1) is 37.1.